The van der Waals surface area contributed by atoms with Crippen LogP contribution in [-0.2, 0) is 65.4 Å². The zero-order chi connectivity index (χ0) is 74.6. The number of esters is 4. The van der Waals surface area contributed by atoms with E-state index in [9.17, 15) is 43.2 Å². The molecule has 0 amide bonds. The molecule has 101 heavy (non-hydrogen) atoms. The highest BCUT2D eigenvalue weighted by Gasteiger charge is 2.30. The molecular formula is C82H160O17P2. The quantitative estimate of drug-likeness (QED) is 0.0222. The molecule has 0 aromatic carbocycles. The van der Waals surface area contributed by atoms with E-state index in [4.69, 9.17) is 37.0 Å². The molecule has 0 saturated heterocycles. The van der Waals surface area contributed by atoms with E-state index in [1.165, 1.54) is 218 Å². The lowest BCUT2D eigenvalue weighted by Gasteiger charge is -2.21. The third-order valence-corrected chi connectivity index (χ3v) is 21.0. The Morgan fingerprint density at radius 1 is 0.248 bits per heavy atom. The van der Waals surface area contributed by atoms with Crippen molar-refractivity contribution in [2.45, 2.75) is 440 Å². The minimum absolute atomic E-state index is 0.104. The summed E-state index contributed by atoms with van der Waals surface area (Å²) in [5, 5.41) is 10.6. The van der Waals surface area contributed by atoms with Gasteiger partial charge in [0.05, 0.1) is 26.4 Å². The number of carbonyl (C=O) groups is 4. The highest BCUT2D eigenvalue weighted by molar-refractivity contribution is 7.47. The molecule has 0 aliphatic rings. The second kappa shape index (κ2) is 71.0. The molecule has 0 bridgehead atoms. The van der Waals surface area contributed by atoms with Crippen LogP contribution in [0, 0.1) is 23.7 Å². The van der Waals surface area contributed by atoms with Gasteiger partial charge in [0.1, 0.15) is 19.3 Å². The third kappa shape index (κ3) is 76.1. The fourth-order valence-corrected chi connectivity index (χ4v) is 14.2. The molecule has 0 aliphatic carbocycles. The first-order valence-electron chi connectivity index (χ1n) is 42.2. The van der Waals surface area contributed by atoms with Crippen LogP contribution in [0.3, 0.4) is 0 Å². The van der Waals surface area contributed by atoms with Crippen LogP contribution in [0.25, 0.3) is 0 Å². The number of rotatable bonds is 79. The predicted octanol–water partition coefficient (Wildman–Crippen LogP) is 24.4. The highest BCUT2D eigenvalue weighted by Crippen LogP contribution is 2.45. The number of carbonyl (C=O) groups excluding carboxylic acids is 4. The van der Waals surface area contributed by atoms with E-state index in [0.717, 1.165) is 114 Å². The SMILES string of the molecule is CC(C)CCCCCCCCCCCCCCCCCCCCC(=O)O[C@H](COC(=O)CCCCCCCCCCCCCCCCCCC(C)C)COP(=O)(O)OCC(O)COP(=O)(O)OC[C@@H](COC(=O)CCCCCCCCCC(C)C)OC(=O)CCCCCCCCCCC(C)C. The molecule has 0 radical (unpaired) electrons. The largest absolute Gasteiger partial charge is 0.472 e. The van der Waals surface area contributed by atoms with Gasteiger partial charge in [-0.2, -0.15) is 0 Å². The van der Waals surface area contributed by atoms with Crippen LogP contribution in [0.1, 0.15) is 421 Å². The van der Waals surface area contributed by atoms with Crippen LogP contribution in [0.15, 0.2) is 0 Å². The third-order valence-electron chi connectivity index (χ3n) is 19.1. The Balaban J connectivity index is 5.20. The van der Waals surface area contributed by atoms with Gasteiger partial charge in [-0.05, 0) is 49.4 Å². The minimum Gasteiger partial charge on any atom is -0.462 e. The van der Waals surface area contributed by atoms with Crippen molar-refractivity contribution in [3.8, 4) is 0 Å². The molecule has 0 aliphatic heterocycles. The molecule has 17 nitrogen and oxygen atoms in total. The average Bonchev–Trinajstić information content (AvgIpc) is 0.923. The van der Waals surface area contributed by atoms with E-state index in [0.29, 0.717) is 31.6 Å². The summed E-state index contributed by atoms with van der Waals surface area (Å²) in [5.41, 5.74) is 0. The van der Waals surface area contributed by atoms with Gasteiger partial charge in [0.2, 0.25) is 0 Å². The van der Waals surface area contributed by atoms with Gasteiger partial charge in [0.25, 0.3) is 0 Å². The van der Waals surface area contributed by atoms with Gasteiger partial charge in [-0.1, -0.05) is 370 Å². The van der Waals surface area contributed by atoms with Crippen LogP contribution in [-0.4, -0.2) is 96.7 Å². The lowest BCUT2D eigenvalue weighted by Crippen LogP contribution is -2.30. The van der Waals surface area contributed by atoms with Crippen molar-refractivity contribution in [1.82, 2.24) is 0 Å². The fraction of sp³-hybridized carbons (Fsp3) is 0.951. The molecule has 0 saturated carbocycles. The van der Waals surface area contributed by atoms with Crippen LogP contribution < -0.4 is 0 Å². The van der Waals surface area contributed by atoms with Crippen LogP contribution in [0.4, 0.5) is 0 Å². The monoisotopic (exact) mass is 1480 g/mol. The number of hydrogen-bond acceptors (Lipinski definition) is 15. The Hall–Kier alpha value is -1.94. The molecule has 0 fully saturated rings. The van der Waals surface area contributed by atoms with Crippen LogP contribution in [0.2, 0.25) is 0 Å². The van der Waals surface area contributed by atoms with Gasteiger partial charge in [-0.15, -0.1) is 0 Å². The topological polar surface area (TPSA) is 237 Å². The van der Waals surface area contributed by atoms with E-state index in [2.05, 4.69) is 55.4 Å². The first-order valence-corrected chi connectivity index (χ1v) is 45.2. The number of hydrogen-bond donors (Lipinski definition) is 3. The average molecular weight is 1480 g/mol. The second-order valence-corrected chi connectivity index (χ2v) is 34.3. The molecule has 5 atom stereocenters. The normalized spacial score (nSPS) is 14.0. The maximum atomic E-state index is 13.1. The maximum Gasteiger partial charge on any atom is 0.472 e. The summed E-state index contributed by atoms with van der Waals surface area (Å²) in [5.74, 6) is 0.940. The van der Waals surface area contributed by atoms with E-state index in [-0.39, 0.29) is 25.7 Å². The summed E-state index contributed by atoms with van der Waals surface area (Å²) < 4.78 is 68.7. The first kappa shape index (κ1) is 99.1. The molecule has 0 spiro atoms. The van der Waals surface area contributed by atoms with Crippen LogP contribution in [0.5, 0.6) is 0 Å². The molecule has 19 heteroatoms. The van der Waals surface area contributed by atoms with Gasteiger partial charge < -0.3 is 33.8 Å². The minimum atomic E-state index is -4.96. The van der Waals surface area contributed by atoms with Crippen molar-refractivity contribution in [2.75, 3.05) is 39.6 Å². The fourth-order valence-electron chi connectivity index (χ4n) is 12.6. The molecule has 0 aromatic rings. The van der Waals surface area contributed by atoms with Gasteiger partial charge in [0, 0.05) is 25.7 Å². The lowest BCUT2D eigenvalue weighted by molar-refractivity contribution is -0.161. The summed E-state index contributed by atoms with van der Waals surface area (Å²) in [7, 11) is -9.92. The van der Waals surface area contributed by atoms with E-state index in [1.54, 1.807) is 0 Å². The number of aliphatic hydroxyl groups is 1. The number of ether oxygens (including phenoxy) is 4. The van der Waals surface area contributed by atoms with E-state index >= 15 is 0 Å². The Bertz CT molecular complexity index is 1970. The van der Waals surface area contributed by atoms with Crippen molar-refractivity contribution in [2.24, 2.45) is 23.7 Å². The summed E-state index contributed by atoms with van der Waals surface area (Å²) in [6, 6.07) is 0. The molecule has 0 aromatic heterocycles. The predicted molar refractivity (Wildman–Crippen MR) is 414 cm³/mol. The lowest BCUT2D eigenvalue weighted by atomic mass is 10.0. The van der Waals surface area contributed by atoms with Crippen molar-refractivity contribution in [1.29, 1.82) is 0 Å². The highest BCUT2D eigenvalue weighted by atomic mass is 31.2. The smallest absolute Gasteiger partial charge is 0.462 e. The number of phosphoric ester groups is 2. The zero-order valence-electron chi connectivity index (χ0n) is 66.5. The van der Waals surface area contributed by atoms with E-state index < -0.39 is 97.5 Å². The van der Waals surface area contributed by atoms with Crippen molar-refractivity contribution in [3.05, 3.63) is 0 Å². The Kier molecular flexibility index (Phi) is 69.6. The van der Waals surface area contributed by atoms with Gasteiger partial charge >= 0.3 is 39.5 Å². The number of phosphoric acid groups is 2. The summed E-state index contributed by atoms with van der Waals surface area (Å²) in [6.07, 6.45) is 58.6. The maximum absolute atomic E-state index is 13.1. The second-order valence-electron chi connectivity index (χ2n) is 31.4. The van der Waals surface area contributed by atoms with Crippen molar-refractivity contribution >= 4 is 39.5 Å². The molecule has 3 unspecified atom stereocenters. The molecular weight excluding hydrogens is 1320 g/mol. The van der Waals surface area contributed by atoms with E-state index in [1.807, 2.05) is 0 Å². The van der Waals surface area contributed by atoms with Crippen molar-refractivity contribution < 1.29 is 80.2 Å². The summed E-state index contributed by atoms with van der Waals surface area (Å²) in [6.45, 7) is 14.2. The Morgan fingerprint density at radius 2 is 0.416 bits per heavy atom. The Morgan fingerprint density at radius 3 is 0.614 bits per heavy atom. The number of unbranched alkanes of at least 4 members (excludes halogenated alkanes) is 45. The summed E-state index contributed by atoms with van der Waals surface area (Å²) >= 11 is 0. The molecule has 0 rings (SSSR count). The summed E-state index contributed by atoms with van der Waals surface area (Å²) in [4.78, 5) is 73.0. The van der Waals surface area contributed by atoms with Gasteiger partial charge in [-0.25, -0.2) is 9.13 Å². The number of aliphatic hydroxyl groups excluding tert-OH is 1. The molecule has 3 N–H and O–H groups in total. The molecule has 0 heterocycles. The van der Waals surface area contributed by atoms with Gasteiger partial charge in [-0.3, -0.25) is 37.3 Å². The molecule has 600 valence electrons. The zero-order valence-corrected chi connectivity index (χ0v) is 68.3. The Labute approximate surface area is 619 Å². The van der Waals surface area contributed by atoms with Gasteiger partial charge in [0.15, 0.2) is 12.2 Å². The first-order chi connectivity index (χ1) is 48.6. The van der Waals surface area contributed by atoms with Crippen LogP contribution >= 0.6 is 15.6 Å². The van der Waals surface area contributed by atoms with Crippen molar-refractivity contribution in [3.63, 3.8) is 0 Å². The standard InChI is InChI=1S/C82H160O17P2/c1-72(2)58-50-42-34-27-23-19-15-11-9-10-12-18-22-26-30-39-48-56-64-81(86)98-77(68-92-79(84)62-54-46-38-29-25-21-17-14-13-16-20-24-28-35-43-51-59-73(3)4)70-96-100(88,89)94-66-76(83)67-95-101(90,91)97-71-78(69-93-80(85)63-55-47-41-33-37-45-53-61-75(7)8)99-82(87)65-57-49-40-32-31-36-44-52-60-74(5)6/h72-78,83H,9-71H2,1-8H3,(H,88,89)(H,90,91)/t76?,77-,78-/m1/s1.